The standard InChI is InChI=1S/C23H22Cl2FN3OS/c1-12-11-23(2,3)29(4)19-10-18(26)13(7-15(12)19)8-20-21(30)28-22(31-20)27-14-5-6-16(24)17(25)9-14/h5-10,12H,11H2,1-4H3,(H,27,28,30)/b20-8+. The number of carbonyl (C=O) groups excluding carboxylic acids is 1. The SMILES string of the molecule is CC1CC(C)(C)N(C)c2cc(F)c(/C=C3/SC(=Nc4ccc(Cl)c(Cl)c4)NC3=O)cc21. The molecule has 0 radical (unpaired) electrons. The molecule has 1 N–H and O–H groups in total. The molecule has 31 heavy (non-hydrogen) atoms. The van der Waals surface area contributed by atoms with Gasteiger partial charge in [-0.25, -0.2) is 9.38 Å². The molecule has 0 bridgehead atoms. The zero-order chi connectivity index (χ0) is 22.5. The average molecular weight is 478 g/mol. The summed E-state index contributed by atoms with van der Waals surface area (Å²) in [6, 6.07) is 8.40. The van der Waals surface area contributed by atoms with Gasteiger partial charge >= 0.3 is 0 Å². The lowest BCUT2D eigenvalue weighted by molar-refractivity contribution is -0.115. The number of hydrogen-bond acceptors (Lipinski definition) is 4. The number of anilines is 1. The van der Waals surface area contributed by atoms with Gasteiger partial charge < -0.3 is 10.2 Å². The number of halogens is 3. The Kier molecular flexibility index (Phi) is 5.83. The Balaban J connectivity index is 1.65. The fourth-order valence-corrected chi connectivity index (χ4v) is 5.13. The van der Waals surface area contributed by atoms with Gasteiger partial charge in [-0.3, -0.25) is 4.79 Å². The van der Waals surface area contributed by atoms with Crippen molar-refractivity contribution in [2.45, 2.75) is 38.6 Å². The van der Waals surface area contributed by atoms with E-state index in [1.807, 2.05) is 13.1 Å². The third-order valence-corrected chi connectivity index (χ3v) is 7.47. The molecule has 4 rings (SSSR count). The number of thioether (sulfide) groups is 1. The quantitative estimate of drug-likeness (QED) is 0.486. The molecule has 2 aromatic carbocycles. The number of amidine groups is 1. The number of fused-ring (bicyclic) bond motifs is 1. The Bertz CT molecular complexity index is 1150. The molecule has 2 aliphatic rings. The predicted octanol–water partition coefficient (Wildman–Crippen LogP) is 6.75. The lowest BCUT2D eigenvalue weighted by Crippen LogP contribution is -2.45. The summed E-state index contributed by atoms with van der Waals surface area (Å²) in [5.74, 6) is -0.380. The van der Waals surface area contributed by atoms with Crippen LogP contribution in [0.5, 0.6) is 0 Å². The van der Waals surface area contributed by atoms with Crippen LogP contribution in [-0.2, 0) is 4.79 Å². The number of benzene rings is 2. The lowest BCUT2D eigenvalue weighted by atomic mass is 9.80. The van der Waals surface area contributed by atoms with Gasteiger partial charge in [0.2, 0.25) is 0 Å². The summed E-state index contributed by atoms with van der Waals surface area (Å²) in [6.45, 7) is 6.48. The number of amides is 1. The molecule has 1 amide bonds. The fraction of sp³-hybridized carbons (Fsp3) is 0.304. The van der Waals surface area contributed by atoms with Crippen LogP contribution in [0.1, 0.15) is 44.2 Å². The highest BCUT2D eigenvalue weighted by Gasteiger charge is 2.35. The van der Waals surface area contributed by atoms with Gasteiger partial charge in [0, 0.05) is 23.8 Å². The Hall–Kier alpha value is -2.02. The van der Waals surface area contributed by atoms with Crippen LogP contribution in [-0.4, -0.2) is 23.7 Å². The Morgan fingerprint density at radius 2 is 2.00 bits per heavy atom. The largest absolute Gasteiger partial charge is 0.369 e. The van der Waals surface area contributed by atoms with Crippen LogP contribution in [0.2, 0.25) is 10.0 Å². The molecule has 2 aromatic rings. The minimum atomic E-state index is -0.355. The first-order valence-corrected chi connectivity index (χ1v) is 11.4. The van der Waals surface area contributed by atoms with E-state index in [1.54, 1.807) is 30.3 Å². The molecule has 1 unspecified atom stereocenters. The minimum absolute atomic E-state index is 0.0457. The van der Waals surface area contributed by atoms with Crippen LogP contribution in [0.4, 0.5) is 15.8 Å². The molecular formula is C23H22Cl2FN3OS. The Labute approximate surface area is 195 Å². The van der Waals surface area contributed by atoms with E-state index >= 15 is 0 Å². The van der Waals surface area contributed by atoms with E-state index < -0.39 is 0 Å². The van der Waals surface area contributed by atoms with Crippen molar-refractivity contribution in [3.63, 3.8) is 0 Å². The summed E-state index contributed by atoms with van der Waals surface area (Å²) in [5, 5.41) is 3.93. The van der Waals surface area contributed by atoms with Crippen LogP contribution in [0.15, 0.2) is 40.2 Å². The molecule has 2 heterocycles. The molecule has 1 atom stereocenters. The zero-order valence-electron chi connectivity index (χ0n) is 17.6. The first kappa shape index (κ1) is 22.2. The Morgan fingerprint density at radius 1 is 1.26 bits per heavy atom. The molecule has 1 saturated heterocycles. The van der Waals surface area contributed by atoms with Crippen molar-refractivity contribution >= 4 is 63.5 Å². The van der Waals surface area contributed by atoms with Crippen molar-refractivity contribution < 1.29 is 9.18 Å². The van der Waals surface area contributed by atoms with Crippen molar-refractivity contribution in [2.24, 2.45) is 4.99 Å². The van der Waals surface area contributed by atoms with E-state index in [1.165, 1.54) is 0 Å². The number of nitrogens with one attached hydrogen (secondary N) is 1. The number of carbonyl (C=O) groups is 1. The van der Waals surface area contributed by atoms with Crippen LogP contribution in [0.25, 0.3) is 6.08 Å². The number of rotatable bonds is 2. The molecule has 0 spiro atoms. The summed E-state index contributed by atoms with van der Waals surface area (Å²) in [5.41, 5.74) is 2.90. The molecule has 2 aliphatic heterocycles. The highest BCUT2D eigenvalue weighted by molar-refractivity contribution is 8.18. The van der Waals surface area contributed by atoms with Gasteiger partial charge in [-0.05, 0) is 79.9 Å². The van der Waals surface area contributed by atoms with Crippen molar-refractivity contribution in [3.8, 4) is 0 Å². The van der Waals surface area contributed by atoms with Crippen LogP contribution >= 0.6 is 35.0 Å². The van der Waals surface area contributed by atoms with Crippen molar-refractivity contribution in [1.29, 1.82) is 0 Å². The lowest BCUT2D eigenvalue weighted by Gasteiger charge is -2.45. The third kappa shape index (κ3) is 4.34. The van der Waals surface area contributed by atoms with Crippen molar-refractivity contribution in [1.82, 2.24) is 5.32 Å². The zero-order valence-corrected chi connectivity index (χ0v) is 19.9. The second-order valence-corrected chi connectivity index (χ2v) is 10.3. The van der Waals surface area contributed by atoms with E-state index in [-0.39, 0.29) is 23.2 Å². The maximum Gasteiger partial charge on any atom is 0.264 e. The highest BCUT2D eigenvalue weighted by atomic mass is 35.5. The molecule has 1 fully saturated rings. The van der Waals surface area contributed by atoms with Gasteiger partial charge in [0.15, 0.2) is 5.17 Å². The molecule has 8 heteroatoms. The molecule has 4 nitrogen and oxygen atoms in total. The number of nitrogens with zero attached hydrogens (tertiary/aromatic N) is 2. The van der Waals surface area contributed by atoms with Gasteiger partial charge in [-0.1, -0.05) is 30.1 Å². The third-order valence-electron chi connectivity index (χ3n) is 5.82. The summed E-state index contributed by atoms with van der Waals surface area (Å²) in [6.07, 6.45) is 2.55. The molecule has 0 aromatic heterocycles. The van der Waals surface area contributed by atoms with E-state index in [0.717, 1.165) is 29.4 Å². The smallest absolute Gasteiger partial charge is 0.264 e. The maximum atomic E-state index is 15.0. The summed E-state index contributed by atoms with van der Waals surface area (Å²) < 4.78 is 15.0. The molecule has 162 valence electrons. The first-order valence-electron chi connectivity index (χ1n) is 9.87. The van der Waals surface area contributed by atoms with Crippen LogP contribution in [0, 0.1) is 5.82 Å². The minimum Gasteiger partial charge on any atom is -0.369 e. The van der Waals surface area contributed by atoms with Crippen LogP contribution in [0.3, 0.4) is 0 Å². The monoisotopic (exact) mass is 477 g/mol. The summed E-state index contributed by atoms with van der Waals surface area (Å²) >= 11 is 13.1. The topological polar surface area (TPSA) is 44.7 Å². The first-order chi connectivity index (χ1) is 14.5. The van der Waals surface area contributed by atoms with Gasteiger partial charge in [0.1, 0.15) is 5.82 Å². The van der Waals surface area contributed by atoms with E-state index in [4.69, 9.17) is 23.2 Å². The van der Waals surface area contributed by atoms with Crippen molar-refractivity contribution in [3.05, 3.63) is 62.2 Å². The van der Waals surface area contributed by atoms with Gasteiger partial charge in [0.25, 0.3) is 5.91 Å². The molecule has 0 saturated carbocycles. The van der Waals surface area contributed by atoms with Gasteiger partial charge in [0.05, 0.1) is 20.6 Å². The van der Waals surface area contributed by atoms with Crippen molar-refractivity contribution in [2.75, 3.05) is 11.9 Å². The van der Waals surface area contributed by atoms with E-state index in [0.29, 0.717) is 31.4 Å². The summed E-state index contributed by atoms with van der Waals surface area (Å²) in [4.78, 5) is 19.3. The van der Waals surface area contributed by atoms with E-state index in [9.17, 15) is 9.18 Å². The number of hydrogen-bond donors (Lipinski definition) is 1. The normalized spacial score (nSPS) is 22.7. The Morgan fingerprint density at radius 3 is 2.71 bits per heavy atom. The van der Waals surface area contributed by atoms with Gasteiger partial charge in [-0.15, -0.1) is 0 Å². The molecular weight excluding hydrogens is 456 g/mol. The predicted molar refractivity (Wildman–Crippen MR) is 129 cm³/mol. The second kappa shape index (κ2) is 8.15. The fourth-order valence-electron chi connectivity index (χ4n) is 4.01. The van der Waals surface area contributed by atoms with Gasteiger partial charge in [-0.2, -0.15) is 0 Å². The maximum absolute atomic E-state index is 15.0. The summed E-state index contributed by atoms with van der Waals surface area (Å²) in [7, 11) is 1.99. The van der Waals surface area contributed by atoms with E-state index in [2.05, 4.69) is 36.0 Å². The highest BCUT2D eigenvalue weighted by Crippen LogP contribution is 2.43. The second-order valence-electron chi connectivity index (χ2n) is 8.49. The average Bonchev–Trinajstić information content (AvgIpc) is 3.02. The van der Waals surface area contributed by atoms with Crippen LogP contribution < -0.4 is 10.2 Å². The number of aliphatic imine (C=N–C) groups is 1. The molecule has 0 aliphatic carbocycles.